The Bertz CT molecular complexity index is 7380. The van der Waals surface area contributed by atoms with Crippen LogP contribution >= 0.6 is 157 Å². The fourth-order valence-corrected chi connectivity index (χ4v) is 23.6. The Morgan fingerprint density at radius 1 is 0.331 bits per heavy atom. The summed E-state index contributed by atoms with van der Waals surface area (Å²) in [6, 6.07) is 81.7. The molecule has 18 aromatic rings. The molecule has 710 valence electrons. The molecule has 12 heterocycles. The number of carbonyl (C=O) groups is 1. The number of benzene rings is 12. The molecule has 139 heavy (non-hydrogen) atoms. The van der Waals surface area contributed by atoms with Gasteiger partial charge >= 0.3 is 6.03 Å². The molecule has 0 fully saturated rings. The van der Waals surface area contributed by atoms with E-state index in [1.165, 1.54) is 112 Å². The van der Waals surface area contributed by atoms with E-state index >= 15 is 0 Å². The Hall–Kier alpha value is -9.51. The zero-order valence-electron chi connectivity index (χ0n) is 75.9. The topological polar surface area (TPSA) is 190 Å². The van der Waals surface area contributed by atoms with Crippen LogP contribution in [0.1, 0.15) is 165 Å². The lowest BCUT2D eigenvalue weighted by molar-refractivity contribution is 0.177. The fourth-order valence-electron chi connectivity index (χ4n) is 20.4. The first-order valence-corrected chi connectivity index (χ1v) is 52.5. The molecule has 6 aliphatic rings. The molecule has 29 heteroatoms. The fraction of sp³-hybridized carbons (Fsp3) is 0.218. The zero-order valence-corrected chi connectivity index (χ0v) is 88.4. The summed E-state index contributed by atoms with van der Waals surface area (Å²) in [5.41, 5.74) is 28.1. The van der Waals surface area contributed by atoms with E-state index in [2.05, 4.69) is 235 Å². The van der Waals surface area contributed by atoms with E-state index in [1.807, 2.05) is 158 Å². The normalized spacial score (nSPS) is 17.4. The van der Waals surface area contributed by atoms with Crippen LogP contribution in [0.4, 0.5) is 13.6 Å². The Kier molecular flexibility index (Phi) is 30.4. The minimum atomic E-state index is -0.819. The number of hydrogen-bond donors (Lipinski definition) is 12. The van der Waals surface area contributed by atoms with Gasteiger partial charge in [0.05, 0.1) is 36.3 Å². The van der Waals surface area contributed by atoms with E-state index in [0.29, 0.717) is 11.6 Å². The maximum absolute atomic E-state index is 13.5. The van der Waals surface area contributed by atoms with Crippen LogP contribution in [0, 0.1) is 11.6 Å². The Labute approximate surface area is 878 Å². The van der Waals surface area contributed by atoms with Gasteiger partial charge in [-0.1, -0.05) is 218 Å². The van der Waals surface area contributed by atoms with Crippen LogP contribution < -0.4 is 31.9 Å². The average molecular weight is 2270 g/mol. The van der Waals surface area contributed by atoms with Crippen molar-refractivity contribution in [2.75, 3.05) is 39.3 Å². The lowest BCUT2D eigenvalue weighted by Gasteiger charge is -2.38. The van der Waals surface area contributed by atoms with E-state index in [9.17, 15) is 13.6 Å². The van der Waals surface area contributed by atoms with Gasteiger partial charge in [-0.05, 0) is 321 Å². The summed E-state index contributed by atoms with van der Waals surface area (Å²) in [6.07, 6.45) is 5.70. The molecular weight excluding hydrogens is 2170 g/mol. The number of thiocarbonyl (C=S) groups is 1. The van der Waals surface area contributed by atoms with E-state index in [1.54, 1.807) is 6.07 Å². The van der Waals surface area contributed by atoms with Crippen LogP contribution in [0.5, 0.6) is 0 Å². The highest BCUT2D eigenvalue weighted by atomic mass is 79.9. The van der Waals surface area contributed by atoms with Crippen LogP contribution in [0.25, 0.3) is 65.4 Å². The highest BCUT2D eigenvalue weighted by molar-refractivity contribution is 9.11. The van der Waals surface area contributed by atoms with Gasteiger partial charge in [-0.3, -0.25) is 0 Å². The molecule has 0 spiro atoms. The third-order valence-electron chi connectivity index (χ3n) is 26.4. The Morgan fingerprint density at radius 3 is 1.07 bits per heavy atom. The van der Waals surface area contributed by atoms with Crippen LogP contribution in [-0.4, -0.2) is 102 Å². The molecule has 12 N–H and O–H groups in total. The van der Waals surface area contributed by atoms with Gasteiger partial charge in [0.1, 0.15) is 0 Å². The van der Waals surface area contributed by atoms with Crippen molar-refractivity contribution in [3.63, 3.8) is 0 Å². The second-order valence-electron chi connectivity index (χ2n) is 36.1. The van der Waals surface area contributed by atoms with Gasteiger partial charge in [0, 0.05) is 204 Å². The van der Waals surface area contributed by atoms with E-state index < -0.39 is 11.6 Å². The molecule has 0 bridgehead atoms. The van der Waals surface area contributed by atoms with Crippen molar-refractivity contribution in [2.45, 2.75) is 115 Å². The van der Waals surface area contributed by atoms with Gasteiger partial charge in [0.25, 0.3) is 0 Å². The highest BCUT2D eigenvalue weighted by Crippen LogP contribution is 2.46. The van der Waals surface area contributed by atoms with Crippen LogP contribution in [0.2, 0.25) is 35.2 Å². The number of nitrogens with one attached hydrogen (secondary N) is 12. The van der Waals surface area contributed by atoms with Crippen molar-refractivity contribution in [3.8, 4) is 0 Å². The van der Waals surface area contributed by atoms with Crippen molar-refractivity contribution < 1.29 is 13.6 Å². The molecule has 2 amide bonds. The maximum Gasteiger partial charge on any atom is 0.318 e. The molecule has 15 nitrogen and oxygen atoms in total. The monoisotopic (exact) mass is 2260 g/mol. The van der Waals surface area contributed by atoms with E-state index in [-0.39, 0.29) is 54.4 Å². The number of fused-ring (bicyclic) bond motifs is 18. The third kappa shape index (κ3) is 21.3. The number of amides is 2. The lowest BCUT2D eigenvalue weighted by atomic mass is 9.92. The summed E-state index contributed by atoms with van der Waals surface area (Å²) in [5, 5.41) is 34.0. The van der Waals surface area contributed by atoms with Crippen molar-refractivity contribution in [1.29, 1.82) is 0 Å². The SMILES string of the molecule is CC(C)NC(=O)N1CCc2c([nH]c3ccc(Br)cc23)C1c1cccc(Cl)c1.CC(C)NC(=S)N1CCc2c([nH]c3ccc(Br)cc23)C1c1cccc(Cl)c1.Clc1ccc2[nH]c3c(c2c1)CCNC3c1cccc(Br)c1.Clc1ccc2[nH]c3c(c2c1)CCNC3c1ccccc1Cl.Clc1cccc(C2NCCc3c2[nH]c2ccc(Cl)cc32)c1.Fc1ccc(C2NCCc3c2[nH]c2ccc(Br)cc32)cc1F. The Morgan fingerprint density at radius 2 is 0.662 bits per heavy atom. The van der Waals surface area contributed by atoms with Gasteiger partial charge < -0.3 is 71.6 Å². The van der Waals surface area contributed by atoms with Gasteiger partial charge in [-0.2, -0.15) is 0 Å². The summed E-state index contributed by atoms with van der Waals surface area (Å²) in [6.45, 7) is 13.3. The number of hydrogen-bond acceptors (Lipinski definition) is 6. The second kappa shape index (κ2) is 43.0. The summed E-state index contributed by atoms with van der Waals surface area (Å²) in [7, 11) is 0. The van der Waals surface area contributed by atoms with Crippen LogP contribution in [-0.2, 0) is 38.5 Å². The van der Waals surface area contributed by atoms with Crippen molar-refractivity contribution in [1.82, 2.24) is 71.6 Å². The van der Waals surface area contributed by atoms with Crippen LogP contribution in [0.3, 0.4) is 0 Å². The molecule has 6 aliphatic heterocycles. The summed E-state index contributed by atoms with van der Waals surface area (Å²) in [5.74, 6) is -1.63. The molecule has 12 aromatic carbocycles. The number of rotatable bonds is 8. The summed E-state index contributed by atoms with van der Waals surface area (Å²) >= 11 is 63.5. The quantitative estimate of drug-likeness (QED) is 0.0662. The number of aromatic amines is 6. The standard InChI is InChI=1S/C21H21BrClN3O.C21H21BrClN3S.C17H14BrClN2.C17H13BrF2N2.2C17H14Cl2N2/c2*1-12(2)24-21(27)26-9-8-16-17-11-14(22)6-7-18(17)25-19(16)20(26)13-4-3-5-15(23)10-13;18-11-3-1-2-10(8-11)16-17-13(6-7-20-16)14-9-12(19)4-5-15(14)21-17;18-10-2-4-15-12(8-10)11-5-6-21-16(17(11)22-15)9-1-3-13(19)14(20)7-9;18-11-3-1-2-10(8-11)16-17-13(6-7-20-16)14-9-12(19)4-5-15(14)21-17;18-10-5-6-15-13(9-10)11-7-8-20-16(17(11)21-15)12-3-1-2-4-14(12)19/h2*3-7,10-12,20,25H,8-9H2,1-2H3,(H,24,27);1-5,8-9,16,20-21H,6-7H2;1-4,7-8,16,21-22H,5-6H2;1-5,8-9,16,20-21H,6-7H2;1-6,9,16,20-21H,7-8H2. The minimum Gasteiger partial charge on any atom is -0.360 e. The van der Waals surface area contributed by atoms with E-state index in [0.717, 1.165) is 191 Å². The van der Waals surface area contributed by atoms with E-state index in [4.69, 9.17) is 93.4 Å². The molecule has 0 saturated carbocycles. The second-order valence-corrected chi connectivity index (χ2v) is 43.2. The first-order valence-electron chi connectivity index (χ1n) is 46.3. The maximum atomic E-state index is 13.5. The molecule has 24 rings (SSSR count). The molecule has 6 unspecified atom stereocenters. The first-order chi connectivity index (χ1) is 67.2. The zero-order chi connectivity index (χ0) is 96.7. The van der Waals surface area contributed by atoms with Gasteiger partial charge in [-0.25, -0.2) is 13.6 Å². The highest BCUT2D eigenvalue weighted by Gasteiger charge is 2.38. The largest absolute Gasteiger partial charge is 0.360 e. The van der Waals surface area contributed by atoms with Gasteiger partial charge in [0.2, 0.25) is 0 Å². The molecule has 6 atom stereocenters. The number of nitrogens with zero attached hydrogens (tertiary/aromatic N) is 2. The Balaban J connectivity index is 0.000000107. The first kappa shape index (κ1) is 98.3. The number of H-pyrrole nitrogens is 6. The number of halogens is 13. The van der Waals surface area contributed by atoms with Crippen molar-refractivity contribution >= 4 is 234 Å². The molecule has 0 aliphatic carbocycles. The smallest absolute Gasteiger partial charge is 0.318 e. The van der Waals surface area contributed by atoms with Crippen LogP contribution in [0.15, 0.2) is 267 Å². The predicted octanol–water partition coefficient (Wildman–Crippen LogP) is 30.1. The summed E-state index contributed by atoms with van der Waals surface area (Å²) in [4.78, 5) is 38.4. The van der Waals surface area contributed by atoms with Crippen molar-refractivity contribution in [2.24, 2.45) is 0 Å². The number of urea groups is 1. The number of aromatic nitrogens is 6. The molecule has 0 radical (unpaired) electrons. The summed E-state index contributed by atoms with van der Waals surface area (Å²) < 4.78 is 31.0. The number of carbonyl (C=O) groups excluding carboxylic acids is 1. The van der Waals surface area contributed by atoms with Crippen molar-refractivity contribution in [3.05, 3.63) is 414 Å². The van der Waals surface area contributed by atoms with Gasteiger partial charge in [-0.15, -0.1) is 0 Å². The lowest BCUT2D eigenvalue weighted by Crippen LogP contribution is -2.47. The molecule has 0 saturated heterocycles. The minimum absolute atomic E-state index is 0.0115. The third-order valence-corrected chi connectivity index (χ3v) is 30.4. The molecule has 6 aromatic heterocycles. The average Bonchev–Trinajstić information content (AvgIpc) is 1.42. The van der Waals surface area contributed by atoms with Gasteiger partial charge in [0.15, 0.2) is 16.7 Å². The predicted molar refractivity (Wildman–Crippen MR) is 587 cm³/mol. The molecular formula is C110H97Br4Cl7F2N14OS.